The van der Waals surface area contributed by atoms with Crippen molar-refractivity contribution in [2.45, 2.75) is 38.3 Å². The number of hydrogen-bond donors (Lipinski definition) is 1. The van der Waals surface area contributed by atoms with Crippen molar-refractivity contribution in [1.82, 2.24) is 0 Å². The zero-order valence-corrected chi connectivity index (χ0v) is 8.18. The molecule has 0 heterocycles. The van der Waals surface area contributed by atoms with Crippen molar-refractivity contribution in [3.05, 3.63) is 0 Å². The lowest BCUT2D eigenvalue weighted by molar-refractivity contribution is -0.223. The summed E-state index contributed by atoms with van der Waals surface area (Å²) >= 11 is 0. The van der Waals surface area contributed by atoms with Crippen LogP contribution in [0.2, 0.25) is 0 Å². The molecule has 5 heteroatoms. The number of halogens is 3. The van der Waals surface area contributed by atoms with Crippen molar-refractivity contribution >= 4 is 5.97 Å². The van der Waals surface area contributed by atoms with Gasteiger partial charge < -0.3 is 5.11 Å². The number of carbonyl (C=O) groups is 1. The van der Waals surface area contributed by atoms with E-state index in [4.69, 9.17) is 5.11 Å². The predicted octanol–water partition coefficient (Wildman–Crippen LogP) is 2.83. The Labute approximate surface area is 85.5 Å². The first-order chi connectivity index (χ1) is 6.85. The summed E-state index contributed by atoms with van der Waals surface area (Å²) in [6.07, 6.45) is -2.78. The highest BCUT2D eigenvalue weighted by molar-refractivity contribution is 5.75. The van der Waals surface area contributed by atoms with Gasteiger partial charge in [0.25, 0.3) is 0 Å². The molecule has 3 saturated carbocycles. The van der Waals surface area contributed by atoms with Gasteiger partial charge in [0.05, 0.1) is 11.3 Å². The molecule has 86 valence electrons. The van der Waals surface area contributed by atoms with Gasteiger partial charge in [0.2, 0.25) is 0 Å². The SMILES string of the molecule is O=C(O)C12CCC(CC1)C(C(F)(F)F)C2. The standard InChI is InChI=1S/C10H13F3O2/c11-10(12,13)7-5-9(8(14)15)3-1-6(7)2-4-9/h6-7H,1-5H2,(H,14,15). The van der Waals surface area contributed by atoms with E-state index in [0.717, 1.165) is 0 Å². The molecular formula is C10H13F3O2. The van der Waals surface area contributed by atoms with Crippen LogP contribution in [0.3, 0.4) is 0 Å². The van der Waals surface area contributed by atoms with Crippen LogP contribution in [0.15, 0.2) is 0 Å². The minimum Gasteiger partial charge on any atom is -0.481 e. The van der Waals surface area contributed by atoms with Crippen LogP contribution < -0.4 is 0 Å². The molecule has 1 N–H and O–H groups in total. The Hall–Kier alpha value is -0.740. The van der Waals surface area contributed by atoms with Gasteiger partial charge in [-0.2, -0.15) is 13.2 Å². The molecule has 15 heavy (non-hydrogen) atoms. The van der Waals surface area contributed by atoms with Gasteiger partial charge in [-0.25, -0.2) is 0 Å². The van der Waals surface area contributed by atoms with Gasteiger partial charge >= 0.3 is 12.1 Å². The molecule has 2 bridgehead atoms. The number of hydrogen-bond acceptors (Lipinski definition) is 1. The molecule has 0 aliphatic heterocycles. The summed E-state index contributed by atoms with van der Waals surface area (Å²) in [6.45, 7) is 0. The Balaban J connectivity index is 2.24. The Morgan fingerprint density at radius 3 is 2.20 bits per heavy atom. The smallest absolute Gasteiger partial charge is 0.392 e. The van der Waals surface area contributed by atoms with Crippen LogP contribution in [0, 0.1) is 17.3 Å². The van der Waals surface area contributed by atoms with E-state index in [-0.39, 0.29) is 12.3 Å². The molecule has 1 unspecified atom stereocenters. The molecule has 3 fully saturated rings. The zero-order chi connectivity index (χ0) is 11.3. The van der Waals surface area contributed by atoms with Crippen LogP contribution >= 0.6 is 0 Å². The minimum atomic E-state index is -4.23. The molecule has 0 amide bonds. The molecule has 0 saturated heterocycles. The first-order valence-corrected chi connectivity index (χ1v) is 5.15. The van der Waals surface area contributed by atoms with Crippen molar-refractivity contribution in [2.75, 3.05) is 0 Å². The maximum Gasteiger partial charge on any atom is 0.392 e. The Morgan fingerprint density at radius 2 is 1.80 bits per heavy atom. The van der Waals surface area contributed by atoms with E-state index in [1.807, 2.05) is 0 Å². The highest BCUT2D eigenvalue weighted by Crippen LogP contribution is 2.57. The third-order valence-electron chi connectivity index (χ3n) is 4.04. The maximum atomic E-state index is 12.6. The molecule has 1 atom stereocenters. The molecule has 2 nitrogen and oxygen atoms in total. The van der Waals surface area contributed by atoms with Crippen LogP contribution in [0.25, 0.3) is 0 Å². The van der Waals surface area contributed by atoms with E-state index in [2.05, 4.69) is 0 Å². The Bertz CT molecular complexity index is 277. The summed E-state index contributed by atoms with van der Waals surface area (Å²) in [7, 11) is 0. The van der Waals surface area contributed by atoms with Crippen LogP contribution in [-0.2, 0) is 4.79 Å². The van der Waals surface area contributed by atoms with Crippen molar-refractivity contribution in [3.8, 4) is 0 Å². The largest absolute Gasteiger partial charge is 0.481 e. The van der Waals surface area contributed by atoms with Crippen LogP contribution in [0.4, 0.5) is 13.2 Å². The second-order valence-electron chi connectivity index (χ2n) is 4.78. The highest BCUT2D eigenvalue weighted by Gasteiger charge is 2.58. The van der Waals surface area contributed by atoms with E-state index in [0.29, 0.717) is 25.7 Å². The highest BCUT2D eigenvalue weighted by atomic mass is 19.4. The number of alkyl halides is 3. The Kier molecular flexibility index (Phi) is 2.24. The summed E-state index contributed by atoms with van der Waals surface area (Å²) in [4.78, 5) is 11.0. The summed E-state index contributed by atoms with van der Waals surface area (Å²) in [5.41, 5.74) is -1.09. The second-order valence-corrected chi connectivity index (χ2v) is 4.78. The van der Waals surface area contributed by atoms with E-state index in [1.165, 1.54) is 0 Å². The second kappa shape index (κ2) is 3.12. The van der Waals surface area contributed by atoms with E-state index in [9.17, 15) is 18.0 Å². The molecule has 0 radical (unpaired) electrons. The average molecular weight is 222 g/mol. The minimum absolute atomic E-state index is 0.212. The van der Waals surface area contributed by atoms with Gasteiger partial charge in [0, 0.05) is 0 Å². The fourth-order valence-corrected chi connectivity index (χ4v) is 3.07. The maximum absolute atomic E-state index is 12.6. The number of carboxylic acids is 1. The van der Waals surface area contributed by atoms with Gasteiger partial charge in [-0.05, 0) is 38.0 Å². The van der Waals surface area contributed by atoms with Crippen LogP contribution in [0.1, 0.15) is 32.1 Å². The fourth-order valence-electron chi connectivity index (χ4n) is 3.07. The molecule has 0 aromatic carbocycles. The summed E-state index contributed by atoms with van der Waals surface area (Å²) in [5, 5.41) is 9.03. The quantitative estimate of drug-likeness (QED) is 0.740. The monoisotopic (exact) mass is 222 g/mol. The molecular weight excluding hydrogens is 209 g/mol. The van der Waals surface area contributed by atoms with Crippen molar-refractivity contribution in [3.63, 3.8) is 0 Å². The fraction of sp³-hybridized carbons (Fsp3) is 0.900. The molecule has 3 aliphatic rings. The topological polar surface area (TPSA) is 37.3 Å². The van der Waals surface area contributed by atoms with Crippen molar-refractivity contribution in [2.24, 2.45) is 17.3 Å². The molecule has 3 rings (SSSR count). The predicted molar refractivity (Wildman–Crippen MR) is 46.2 cm³/mol. The number of aliphatic carboxylic acids is 1. The van der Waals surface area contributed by atoms with Gasteiger partial charge in [-0.3, -0.25) is 4.79 Å². The lowest BCUT2D eigenvalue weighted by Gasteiger charge is -2.48. The normalized spacial score (nSPS) is 40.5. The number of rotatable bonds is 1. The van der Waals surface area contributed by atoms with Gasteiger partial charge in [-0.1, -0.05) is 0 Å². The molecule has 0 aromatic heterocycles. The lowest BCUT2D eigenvalue weighted by Crippen LogP contribution is -2.49. The first kappa shape index (κ1) is 10.8. The van der Waals surface area contributed by atoms with Crippen molar-refractivity contribution < 1.29 is 23.1 Å². The Morgan fingerprint density at radius 1 is 1.27 bits per heavy atom. The first-order valence-electron chi connectivity index (χ1n) is 5.15. The third kappa shape index (κ3) is 1.62. The molecule has 3 aliphatic carbocycles. The molecule has 0 aromatic rings. The van der Waals surface area contributed by atoms with Gasteiger partial charge in [-0.15, -0.1) is 0 Å². The molecule has 0 spiro atoms. The van der Waals surface area contributed by atoms with Crippen LogP contribution in [0.5, 0.6) is 0 Å². The summed E-state index contributed by atoms with van der Waals surface area (Å²) in [5.74, 6) is -2.78. The van der Waals surface area contributed by atoms with Crippen molar-refractivity contribution in [1.29, 1.82) is 0 Å². The number of fused-ring (bicyclic) bond motifs is 3. The zero-order valence-electron chi connectivity index (χ0n) is 8.18. The van der Waals surface area contributed by atoms with E-state index in [1.54, 1.807) is 0 Å². The van der Waals surface area contributed by atoms with E-state index < -0.39 is 23.5 Å². The van der Waals surface area contributed by atoms with Gasteiger partial charge in [0.1, 0.15) is 0 Å². The van der Waals surface area contributed by atoms with E-state index >= 15 is 0 Å². The van der Waals surface area contributed by atoms with Gasteiger partial charge in [0.15, 0.2) is 0 Å². The number of carboxylic acid groups (broad SMARTS) is 1. The summed E-state index contributed by atoms with van der Waals surface area (Å²) < 4.78 is 37.9. The lowest BCUT2D eigenvalue weighted by atomic mass is 9.56. The van der Waals surface area contributed by atoms with Crippen LogP contribution in [-0.4, -0.2) is 17.3 Å². The average Bonchev–Trinajstić information content (AvgIpc) is 2.18. The summed E-state index contributed by atoms with van der Waals surface area (Å²) in [6, 6.07) is 0. The third-order valence-corrected chi connectivity index (χ3v) is 4.04.